The Balaban J connectivity index is 2.46. The fourth-order valence-corrected chi connectivity index (χ4v) is 1.68. The van der Waals surface area contributed by atoms with Crippen LogP contribution in [0.5, 0.6) is 0 Å². The molecule has 0 spiro atoms. The maximum Gasteiger partial charge on any atom is 0.134 e. The number of nitrogens with two attached hydrogens (primary N) is 2. The van der Waals surface area contributed by atoms with E-state index in [9.17, 15) is 0 Å². The van der Waals surface area contributed by atoms with E-state index >= 15 is 0 Å². The Morgan fingerprint density at radius 3 is 2.81 bits per heavy atom. The maximum atomic E-state index is 5.76. The molecule has 0 saturated heterocycles. The molecule has 0 aliphatic rings. The molecule has 0 bridgehead atoms. The van der Waals surface area contributed by atoms with Crippen LogP contribution in [0.1, 0.15) is 0 Å². The van der Waals surface area contributed by atoms with E-state index in [1.165, 1.54) is 6.33 Å². The van der Waals surface area contributed by atoms with E-state index in [4.69, 9.17) is 11.6 Å². The number of rotatable bonds is 1. The van der Waals surface area contributed by atoms with Gasteiger partial charge in [0.25, 0.3) is 0 Å². The van der Waals surface area contributed by atoms with Crippen LogP contribution < -0.4 is 17.1 Å². The van der Waals surface area contributed by atoms with E-state index in [1.807, 2.05) is 12.1 Å². The van der Waals surface area contributed by atoms with Gasteiger partial charge in [-0.2, -0.15) is 0 Å². The molecule has 5 N–H and O–H groups in total. The Labute approximate surface area is 90.0 Å². The first kappa shape index (κ1) is 8.86. The molecule has 0 radical (unpaired) electrons. The van der Waals surface area contributed by atoms with Crippen molar-refractivity contribution >= 4 is 27.8 Å². The van der Waals surface area contributed by atoms with Crippen molar-refractivity contribution in [1.82, 2.24) is 19.6 Å². The SMILES string of the molecule is NNn1cnc2cc3c(N)ncnc3cc21. The molecule has 2 heterocycles. The van der Waals surface area contributed by atoms with Gasteiger partial charge in [-0.1, -0.05) is 0 Å². The van der Waals surface area contributed by atoms with Crippen molar-refractivity contribution in [1.29, 1.82) is 0 Å². The number of imidazole rings is 1. The summed E-state index contributed by atoms with van der Waals surface area (Å²) in [6.45, 7) is 0. The zero-order valence-corrected chi connectivity index (χ0v) is 8.25. The lowest BCUT2D eigenvalue weighted by molar-refractivity contribution is 0.907. The zero-order chi connectivity index (χ0) is 11.1. The summed E-state index contributed by atoms with van der Waals surface area (Å²) >= 11 is 0. The number of nitrogens with zero attached hydrogens (tertiary/aromatic N) is 4. The van der Waals surface area contributed by atoms with Crippen LogP contribution in [-0.4, -0.2) is 19.6 Å². The van der Waals surface area contributed by atoms with E-state index in [0.29, 0.717) is 5.82 Å². The van der Waals surface area contributed by atoms with E-state index < -0.39 is 0 Å². The van der Waals surface area contributed by atoms with E-state index in [-0.39, 0.29) is 0 Å². The normalized spacial score (nSPS) is 11.1. The molecule has 0 fully saturated rings. The average molecular weight is 215 g/mol. The molecule has 1 aromatic carbocycles. The van der Waals surface area contributed by atoms with Crippen LogP contribution in [0.2, 0.25) is 0 Å². The van der Waals surface area contributed by atoms with Crippen LogP contribution >= 0.6 is 0 Å². The lowest BCUT2D eigenvalue weighted by Crippen LogP contribution is -2.20. The van der Waals surface area contributed by atoms with Gasteiger partial charge in [-0.05, 0) is 12.1 Å². The monoisotopic (exact) mass is 215 g/mol. The second-order valence-corrected chi connectivity index (χ2v) is 3.36. The molecule has 80 valence electrons. The number of benzene rings is 1. The van der Waals surface area contributed by atoms with Crippen LogP contribution in [0, 0.1) is 0 Å². The fourth-order valence-electron chi connectivity index (χ4n) is 1.68. The van der Waals surface area contributed by atoms with Gasteiger partial charge in [0.2, 0.25) is 0 Å². The number of aromatic nitrogens is 4. The van der Waals surface area contributed by atoms with Crippen molar-refractivity contribution in [3.63, 3.8) is 0 Å². The van der Waals surface area contributed by atoms with Crippen molar-refractivity contribution in [2.24, 2.45) is 5.84 Å². The van der Waals surface area contributed by atoms with Crippen molar-refractivity contribution in [2.45, 2.75) is 0 Å². The molecule has 0 saturated carbocycles. The summed E-state index contributed by atoms with van der Waals surface area (Å²) in [5, 5.41) is 0.789. The number of nitrogen functional groups attached to an aromatic ring is 2. The Bertz CT molecular complexity index is 672. The zero-order valence-electron chi connectivity index (χ0n) is 8.25. The first-order valence-corrected chi connectivity index (χ1v) is 4.63. The van der Waals surface area contributed by atoms with Crippen molar-refractivity contribution < 1.29 is 0 Å². The Morgan fingerprint density at radius 1 is 1.12 bits per heavy atom. The number of hydrogen-bond acceptors (Lipinski definition) is 6. The fraction of sp³-hybridized carbons (Fsp3) is 0. The molecule has 0 aliphatic carbocycles. The van der Waals surface area contributed by atoms with Gasteiger partial charge >= 0.3 is 0 Å². The molecule has 2 aromatic heterocycles. The van der Waals surface area contributed by atoms with Gasteiger partial charge in [0.05, 0.1) is 16.6 Å². The summed E-state index contributed by atoms with van der Waals surface area (Å²) in [6, 6.07) is 3.70. The second-order valence-electron chi connectivity index (χ2n) is 3.36. The lowest BCUT2D eigenvalue weighted by Gasteiger charge is -2.03. The van der Waals surface area contributed by atoms with Gasteiger partial charge < -0.3 is 5.73 Å². The van der Waals surface area contributed by atoms with E-state index in [1.54, 1.807) is 11.0 Å². The van der Waals surface area contributed by atoms with Gasteiger partial charge in [-0.15, -0.1) is 0 Å². The van der Waals surface area contributed by atoms with Crippen LogP contribution in [-0.2, 0) is 0 Å². The second kappa shape index (κ2) is 3.04. The predicted octanol–water partition coefficient (Wildman–Crippen LogP) is -0.0211. The maximum absolute atomic E-state index is 5.76. The third kappa shape index (κ3) is 1.09. The largest absolute Gasteiger partial charge is 0.383 e. The summed E-state index contributed by atoms with van der Waals surface area (Å²) in [7, 11) is 0. The highest BCUT2D eigenvalue weighted by molar-refractivity contribution is 5.97. The predicted molar refractivity (Wildman–Crippen MR) is 60.8 cm³/mol. The summed E-state index contributed by atoms with van der Waals surface area (Å²) in [5.41, 5.74) is 10.7. The van der Waals surface area contributed by atoms with Gasteiger partial charge in [0.15, 0.2) is 0 Å². The first-order chi connectivity index (χ1) is 7.79. The Kier molecular flexibility index (Phi) is 1.68. The van der Waals surface area contributed by atoms with Crippen LogP contribution in [0.25, 0.3) is 21.9 Å². The minimum absolute atomic E-state index is 0.446. The minimum Gasteiger partial charge on any atom is -0.383 e. The summed E-state index contributed by atoms with van der Waals surface area (Å²) in [6.07, 6.45) is 3.02. The number of anilines is 1. The average Bonchev–Trinajstić information content (AvgIpc) is 2.69. The third-order valence-corrected chi connectivity index (χ3v) is 2.47. The van der Waals surface area contributed by atoms with Crippen molar-refractivity contribution in [2.75, 3.05) is 11.3 Å². The number of hydrazine groups is 1. The molecule has 0 aliphatic heterocycles. The van der Waals surface area contributed by atoms with Crippen LogP contribution in [0.4, 0.5) is 5.82 Å². The summed E-state index contributed by atoms with van der Waals surface area (Å²) in [5.74, 6) is 5.80. The molecule has 0 atom stereocenters. The highest BCUT2D eigenvalue weighted by Gasteiger charge is 2.06. The molecule has 7 nitrogen and oxygen atoms in total. The summed E-state index contributed by atoms with van der Waals surface area (Å²) < 4.78 is 1.60. The van der Waals surface area contributed by atoms with Gasteiger partial charge in [0, 0.05) is 5.39 Å². The number of nitrogens with one attached hydrogen (secondary N) is 1. The highest BCUT2D eigenvalue weighted by atomic mass is 15.6. The standard InChI is InChI=1S/C9H9N7/c10-9-5-1-7-8(16(15-11)4-14-7)2-6(5)12-3-13-9/h1-4,15H,11H2,(H2,10,12,13). The molecule has 0 amide bonds. The highest BCUT2D eigenvalue weighted by Crippen LogP contribution is 2.22. The van der Waals surface area contributed by atoms with Gasteiger partial charge in [0.1, 0.15) is 18.5 Å². The van der Waals surface area contributed by atoms with E-state index in [0.717, 1.165) is 21.9 Å². The Morgan fingerprint density at radius 2 is 2.00 bits per heavy atom. The molecule has 3 aromatic rings. The van der Waals surface area contributed by atoms with Crippen molar-refractivity contribution in [3.8, 4) is 0 Å². The minimum atomic E-state index is 0.446. The quantitative estimate of drug-likeness (QED) is 0.389. The lowest BCUT2D eigenvalue weighted by atomic mass is 10.2. The van der Waals surface area contributed by atoms with Crippen LogP contribution in [0.15, 0.2) is 24.8 Å². The number of hydrogen-bond donors (Lipinski definition) is 3. The van der Waals surface area contributed by atoms with Gasteiger partial charge in [-0.3, -0.25) is 5.53 Å². The molecule has 0 unspecified atom stereocenters. The smallest absolute Gasteiger partial charge is 0.134 e. The topological polar surface area (TPSA) is 108 Å². The molecule has 3 rings (SSSR count). The molecular formula is C9H9N7. The summed E-state index contributed by atoms with van der Waals surface area (Å²) in [4.78, 5) is 12.3. The third-order valence-electron chi connectivity index (χ3n) is 2.47. The van der Waals surface area contributed by atoms with Crippen molar-refractivity contribution in [3.05, 3.63) is 24.8 Å². The van der Waals surface area contributed by atoms with Crippen LogP contribution in [0.3, 0.4) is 0 Å². The van der Waals surface area contributed by atoms with E-state index in [2.05, 4.69) is 20.5 Å². The molecule has 16 heavy (non-hydrogen) atoms. The molecule has 7 heteroatoms. The van der Waals surface area contributed by atoms with Gasteiger partial charge in [-0.25, -0.2) is 25.5 Å². The first-order valence-electron chi connectivity index (χ1n) is 4.63. The molecular weight excluding hydrogens is 206 g/mol. The Hall–Kier alpha value is -2.41. The number of fused-ring (bicyclic) bond motifs is 2.